The lowest BCUT2D eigenvalue weighted by atomic mass is 10.1. The van der Waals surface area contributed by atoms with E-state index in [1.807, 2.05) is 84.9 Å². The van der Waals surface area contributed by atoms with Crippen LogP contribution in [-0.4, -0.2) is 13.0 Å². The number of amides is 1. The molecule has 0 aliphatic carbocycles. The molecule has 4 aromatic rings. The largest absolute Gasteiger partial charge is 0.497 e. The summed E-state index contributed by atoms with van der Waals surface area (Å²) in [5.41, 5.74) is 4.15. The molecule has 0 saturated carbocycles. The van der Waals surface area contributed by atoms with Crippen molar-refractivity contribution in [2.75, 3.05) is 12.0 Å². The van der Waals surface area contributed by atoms with Gasteiger partial charge in [-0.2, -0.15) is 0 Å². The average Bonchev–Trinajstić information content (AvgIpc) is 3.16. The fraction of sp³-hybridized carbons (Fsp3) is 0.0800. The molecule has 0 spiro atoms. The summed E-state index contributed by atoms with van der Waals surface area (Å²) < 4.78 is 11.1. The van der Waals surface area contributed by atoms with Crippen LogP contribution in [0, 0.1) is 0 Å². The highest BCUT2D eigenvalue weighted by atomic mass is 16.5. The van der Waals surface area contributed by atoms with Gasteiger partial charge in [-0.3, -0.25) is 9.69 Å². The number of benzene rings is 3. The number of rotatable bonds is 5. The molecule has 4 nitrogen and oxygen atoms in total. The Morgan fingerprint density at radius 2 is 1.66 bits per heavy atom. The monoisotopic (exact) mass is 383 g/mol. The first-order valence-electron chi connectivity index (χ1n) is 9.35. The first-order chi connectivity index (χ1) is 14.2. The fourth-order valence-electron chi connectivity index (χ4n) is 3.37. The molecule has 144 valence electrons. The number of fused-ring (bicyclic) bond motifs is 1. The lowest BCUT2D eigenvalue weighted by Gasteiger charge is -2.25. The number of nitrogens with zero attached hydrogens (tertiary/aromatic N) is 1. The Morgan fingerprint density at radius 3 is 2.31 bits per heavy atom. The molecular weight excluding hydrogens is 362 g/mol. The molecular formula is C25H21NO3. The molecule has 29 heavy (non-hydrogen) atoms. The van der Waals surface area contributed by atoms with Crippen molar-refractivity contribution in [1.82, 2.24) is 0 Å². The Labute approximate surface area is 169 Å². The van der Waals surface area contributed by atoms with Crippen molar-refractivity contribution < 1.29 is 13.9 Å². The zero-order chi connectivity index (χ0) is 20.2. The molecule has 4 heteroatoms. The van der Waals surface area contributed by atoms with Crippen LogP contribution in [-0.2, 0) is 4.79 Å². The Hall–Kier alpha value is -3.79. The highest BCUT2D eigenvalue weighted by Gasteiger charge is 2.19. The summed E-state index contributed by atoms with van der Waals surface area (Å²) >= 11 is 0. The zero-order valence-corrected chi connectivity index (χ0v) is 16.3. The molecule has 0 bridgehead atoms. The van der Waals surface area contributed by atoms with Crippen LogP contribution in [0.15, 0.2) is 89.5 Å². The number of furan rings is 1. The predicted molar refractivity (Wildman–Crippen MR) is 117 cm³/mol. The Kier molecular flexibility index (Phi) is 5.16. The molecule has 0 fully saturated rings. The standard InChI is InChI=1S/C25H21NO3/c1-18(27)26(21-11-7-4-8-12-21)24(19-9-5-3-6-10-19)15-20-17-29-25-14-13-22(28-2)16-23(20)25/h3-17H,1-2H3/b24-15+. The van der Waals surface area contributed by atoms with Crippen molar-refractivity contribution in [1.29, 1.82) is 0 Å². The number of hydrogen-bond acceptors (Lipinski definition) is 3. The van der Waals surface area contributed by atoms with Crippen LogP contribution in [0.3, 0.4) is 0 Å². The number of carbonyl (C=O) groups is 1. The lowest BCUT2D eigenvalue weighted by Crippen LogP contribution is -2.26. The molecule has 1 heterocycles. The van der Waals surface area contributed by atoms with Crippen molar-refractivity contribution >= 4 is 34.3 Å². The van der Waals surface area contributed by atoms with Gasteiger partial charge in [0.1, 0.15) is 11.3 Å². The highest BCUT2D eigenvalue weighted by molar-refractivity contribution is 6.09. The highest BCUT2D eigenvalue weighted by Crippen LogP contribution is 2.32. The minimum absolute atomic E-state index is 0.0725. The molecule has 3 aromatic carbocycles. The topological polar surface area (TPSA) is 42.7 Å². The van der Waals surface area contributed by atoms with E-state index in [-0.39, 0.29) is 5.91 Å². The molecule has 1 aromatic heterocycles. The average molecular weight is 383 g/mol. The Morgan fingerprint density at radius 1 is 0.966 bits per heavy atom. The van der Waals surface area contributed by atoms with Gasteiger partial charge < -0.3 is 9.15 Å². The van der Waals surface area contributed by atoms with Gasteiger partial charge in [0, 0.05) is 23.6 Å². The summed E-state index contributed by atoms with van der Waals surface area (Å²) in [5, 5.41) is 0.925. The summed E-state index contributed by atoms with van der Waals surface area (Å²) in [4.78, 5) is 14.4. The molecule has 0 saturated heterocycles. The van der Waals surface area contributed by atoms with Crippen LogP contribution >= 0.6 is 0 Å². The van der Waals surface area contributed by atoms with Gasteiger partial charge in [-0.15, -0.1) is 0 Å². The van der Waals surface area contributed by atoms with Crippen LogP contribution in [0.25, 0.3) is 22.7 Å². The fourth-order valence-corrected chi connectivity index (χ4v) is 3.37. The molecule has 0 aliphatic rings. The number of para-hydroxylation sites is 1. The number of carbonyl (C=O) groups excluding carboxylic acids is 1. The molecule has 0 aliphatic heterocycles. The van der Waals surface area contributed by atoms with E-state index in [4.69, 9.17) is 9.15 Å². The Balaban J connectivity index is 1.93. The maximum absolute atomic E-state index is 12.7. The number of ether oxygens (including phenoxy) is 1. The minimum Gasteiger partial charge on any atom is -0.497 e. The minimum atomic E-state index is -0.0725. The molecule has 0 unspecified atom stereocenters. The van der Waals surface area contributed by atoms with Crippen LogP contribution in [0.4, 0.5) is 5.69 Å². The van der Waals surface area contributed by atoms with Gasteiger partial charge in [0.15, 0.2) is 0 Å². The second kappa shape index (κ2) is 8.07. The third kappa shape index (κ3) is 3.78. The van der Waals surface area contributed by atoms with Crippen molar-refractivity contribution in [3.8, 4) is 5.75 Å². The first kappa shape index (κ1) is 18.6. The predicted octanol–water partition coefficient (Wildman–Crippen LogP) is 5.99. The molecule has 0 atom stereocenters. The van der Waals surface area contributed by atoms with Crippen LogP contribution in [0.1, 0.15) is 18.1 Å². The maximum atomic E-state index is 12.7. The van der Waals surface area contributed by atoms with Crippen molar-refractivity contribution in [2.45, 2.75) is 6.92 Å². The van der Waals surface area contributed by atoms with E-state index in [0.29, 0.717) is 0 Å². The molecule has 0 N–H and O–H groups in total. The van der Waals surface area contributed by atoms with Crippen LogP contribution in [0.5, 0.6) is 5.75 Å². The second-order valence-electron chi connectivity index (χ2n) is 6.64. The van der Waals surface area contributed by atoms with E-state index in [0.717, 1.165) is 39.2 Å². The summed E-state index contributed by atoms with van der Waals surface area (Å²) in [5.74, 6) is 0.679. The van der Waals surface area contributed by atoms with E-state index < -0.39 is 0 Å². The van der Waals surface area contributed by atoms with Crippen LogP contribution < -0.4 is 9.64 Å². The summed E-state index contributed by atoms with van der Waals surface area (Å²) in [6, 6.07) is 25.2. The van der Waals surface area contributed by atoms with Crippen molar-refractivity contribution in [2.24, 2.45) is 0 Å². The van der Waals surface area contributed by atoms with Gasteiger partial charge in [-0.25, -0.2) is 0 Å². The number of hydrogen-bond donors (Lipinski definition) is 0. The van der Waals surface area contributed by atoms with Gasteiger partial charge in [0.25, 0.3) is 0 Å². The van der Waals surface area contributed by atoms with Crippen molar-refractivity contribution in [3.63, 3.8) is 0 Å². The number of methoxy groups -OCH3 is 1. The third-order valence-corrected chi connectivity index (χ3v) is 4.74. The van der Waals surface area contributed by atoms with E-state index in [1.54, 1.807) is 25.2 Å². The first-order valence-corrected chi connectivity index (χ1v) is 9.35. The lowest BCUT2D eigenvalue weighted by molar-refractivity contribution is -0.115. The van der Waals surface area contributed by atoms with E-state index in [9.17, 15) is 4.79 Å². The second-order valence-corrected chi connectivity index (χ2v) is 6.64. The van der Waals surface area contributed by atoms with E-state index >= 15 is 0 Å². The van der Waals surface area contributed by atoms with Gasteiger partial charge >= 0.3 is 0 Å². The summed E-state index contributed by atoms with van der Waals surface area (Å²) in [6.45, 7) is 1.57. The summed E-state index contributed by atoms with van der Waals surface area (Å²) in [6.07, 6.45) is 3.69. The van der Waals surface area contributed by atoms with Gasteiger partial charge in [0.2, 0.25) is 5.91 Å². The van der Waals surface area contributed by atoms with Gasteiger partial charge in [-0.05, 0) is 42.0 Å². The summed E-state index contributed by atoms with van der Waals surface area (Å²) in [7, 11) is 1.64. The Bertz CT molecular complexity index is 1160. The van der Waals surface area contributed by atoms with E-state index in [1.165, 1.54) is 0 Å². The van der Waals surface area contributed by atoms with Crippen LogP contribution in [0.2, 0.25) is 0 Å². The quantitative estimate of drug-likeness (QED) is 0.425. The molecule has 1 amide bonds. The smallest absolute Gasteiger partial charge is 0.228 e. The normalized spacial score (nSPS) is 11.4. The SMILES string of the molecule is COc1ccc2occ(/C=C(\c3ccccc3)N(C(C)=O)c3ccccc3)c2c1. The van der Waals surface area contributed by atoms with Crippen molar-refractivity contribution in [3.05, 3.63) is 96.3 Å². The van der Waals surface area contributed by atoms with Gasteiger partial charge in [-0.1, -0.05) is 48.5 Å². The number of anilines is 1. The van der Waals surface area contributed by atoms with Gasteiger partial charge in [0.05, 0.1) is 19.1 Å². The third-order valence-electron chi connectivity index (χ3n) is 4.74. The zero-order valence-electron chi connectivity index (χ0n) is 16.3. The maximum Gasteiger partial charge on any atom is 0.228 e. The molecule has 4 rings (SSSR count). The molecule has 0 radical (unpaired) electrons. The van der Waals surface area contributed by atoms with E-state index in [2.05, 4.69) is 0 Å².